The van der Waals surface area contributed by atoms with Gasteiger partial charge in [0.1, 0.15) is 5.82 Å². The number of imidazole rings is 1. The first-order chi connectivity index (χ1) is 15.2. The summed E-state index contributed by atoms with van der Waals surface area (Å²) in [6, 6.07) is 7.96. The number of amides is 1. The average molecular weight is 441 g/mol. The number of nitrogens with one attached hydrogen (secondary N) is 3. The van der Waals surface area contributed by atoms with Crippen LogP contribution in [0.5, 0.6) is 0 Å². The highest BCUT2D eigenvalue weighted by molar-refractivity contribution is 6.33. The molecule has 2 aliphatic rings. The highest BCUT2D eigenvalue weighted by Gasteiger charge is 2.23. The molecule has 3 aromatic rings. The van der Waals surface area contributed by atoms with Crippen LogP contribution in [0.15, 0.2) is 36.8 Å². The van der Waals surface area contributed by atoms with Crippen LogP contribution in [0, 0.1) is 11.8 Å². The molecule has 1 aromatic carbocycles. The van der Waals surface area contributed by atoms with Crippen molar-refractivity contribution in [1.29, 1.82) is 0 Å². The molecule has 162 valence electrons. The Labute approximate surface area is 185 Å². The number of hydrazine groups is 1. The standard InChI is InChI=1S/C22H25ClN6O2/c23-18-11-24-21(28-22(30)16-9-26-27-10-16)8-17(18)15-1-2-19-20(7-15)29(13-25-19)12-14-3-5-31-6-4-14/h1-2,7-8,11,13-14,16,26-27H,3-6,9-10,12H2,(H,24,28,30). The topological polar surface area (TPSA) is 93.1 Å². The molecule has 0 unspecified atom stereocenters. The van der Waals surface area contributed by atoms with Crippen molar-refractivity contribution in [2.24, 2.45) is 11.8 Å². The molecule has 5 rings (SSSR count). The number of halogens is 1. The lowest BCUT2D eigenvalue weighted by Crippen LogP contribution is -2.26. The highest BCUT2D eigenvalue weighted by Crippen LogP contribution is 2.32. The van der Waals surface area contributed by atoms with E-state index in [9.17, 15) is 4.79 Å². The van der Waals surface area contributed by atoms with Crippen LogP contribution in [0.4, 0.5) is 5.82 Å². The second-order valence-corrected chi connectivity index (χ2v) is 8.56. The molecule has 2 fully saturated rings. The number of rotatable bonds is 5. The van der Waals surface area contributed by atoms with Gasteiger partial charge in [-0.05, 0) is 42.5 Å². The van der Waals surface area contributed by atoms with E-state index in [4.69, 9.17) is 16.3 Å². The lowest BCUT2D eigenvalue weighted by molar-refractivity contribution is -0.119. The summed E-state index contributed by atoms with van der Waals surface area (Å²) in [6.45, 7) is 3.78. The van der Waals surface area contributed by atoms with Gasteiger partial charge in [0.25, 0.3) is 0 Å². The van der Waals surface area contributed by atoms with Crippen molar-refractivity contribution in [3.05, 3.63) is 41.8 Å². The molecule has 2 saturated heterocycles. The predicted molar refractivity (Wildman–Crippen MR) is 120 cm³/mol. The molecule has 0 bridgehead atoms. The number of nitrogens with zero attached hydrogens (tertiary/aromatic N) is 3. The smallest absolute Gasteiger partial charge is 0.231 e. The van der Waals surface area contributed by atoms with Crippen molar-refractivity contribution in [3.63, 3.8) is 0 Å². The van der Waals surface area contributed by atoms with Crippen LogP contribution < -0.4 is 16.2 Å². The van der Waals surface area contributed by atoms with Gasteiger partial charge in [-0.1, -0.05) is 17.7 Å². The van der Waals surface area contributed by atoms with E-state index in [-0.39, 0.29) is 11.8 Å². The Morgan fingerprint density at radius 1 is 1.19 bits per heavy atom. The minimum atomic E-state index is -0.128. The molecule has 8 nitrogen and oxygen atoms in total. The van der Waals surface area contributed by atoms with Crippen molar-refractivity contribution >= 4 is 34.4 Å². The quantitative estimate of drug-likeness (QED) is 0.565. The van der Waals surface area contributed by atoms with Crippen LogP contribution in [0.2, 0.25) is 5.02 Å². The summed E-state index contributed by atoms with van der Waals surface area (Å²) in [5.74, 6) is 0.896. The van der Waals surface area contributed by atoms with Gasteiger partial charge >= 0.3 is 0 Å². The maximum atomic E-state index is 12.4. The minimum absolute atomic E-state index is 0.0664. The maximum Gasteiger partial charge on any atom is 0.231 e. The van der Waals surface area contributed by atoms with E-state index in [2.05, 4.69) is 36.8 Å². The summed E-state index contributed by atoms with van der Waals surface area (Å²) in [4.78, 5) is 21.3. The van der Waals surface area contributed by atoms with Crippen LogP contribution in [0.1, 0.15) is 12.8 Å². The summed E-state index contributed by atoms with van der Waals surface area (Å²) in [5, 5.41) is 3.44. The van der Waals surface area contributed by atoms with Gasteiger partial charge in [0, 0.05) is 44.6 Å². The lowest BCUT2D eigenvalue weighted by atomic mass is 10.00. The van der Waals surface area contributed by atoms with E-state index >= 15 is 0 Å². The largest absolute Gasteiger partial charge is 0.381 e. The Hall–Kier alpha value is -2.52. The lowest BCUT2D eigenvalue weighted by Gasteiger charge is -2.22. The normalized spacial score (nSPS) is 18.0. The SMILES string of the molecule is O=C(Nc1cc(-c2ccc3ncn(CC4CCOCC4)c3c2)c(Cl)cn1)C1CNNC1. The number of aromatic nitrogens is 3. The molecule has 9 heteroatoms. The zero-order valence-corrected chi connectivity index (χ0v) is 17.9. The first kappa shape index (κ1) is 20.4. The third kappa shape index (κ3) is 4.43. The first-order valence-corrected chi connectivity index (χ1v) is 11.0. The molecule has 0 atom stereocenters. The zero-order valence-electron chi connectivity index (χ0n) is 17.1. The van der Waals surface area contributed by atoms with Crippen LogP contribution in [-0.4, -0.2) is 46.7 Å². The molecular formula is C22H25ClN6O2. The van der Waals surface area contributed by atoms with Gasteiger partial charge in [0.05, 0.1) is 28.3 Å². The van der Waals surface area contributed by atoms with E-state index in [0.717, 1.165) is 54.8 Å². The second-order valence-electron chi connectivity index (χ2n) is 8.15. The summed E-state index contributed by atoms with van der Waals surface area (Å²) < 4.78 is 7.70. The van der Waals surface area contributed by atoms with Gasteiger partial charge in [0.2, 0.25) is 5.91 Å². The zero-order chi connectivity index (χ0) is 21.2. The highest BCUT2D eigenvalue weighted by atomic mass is 35.5. The van der Waals surface area contributed by atoms with E-state index in [0.29, 0.717) is 29.8 Å². The third-order valence-corrected chi connectivity index (χ3v) is 6.33. The molecule has 0 spiro atoms. The van der Waals surface area contributed by atoms with Crippen LogP contribution in [-0.2, 0) is 16.1 Å². The maximum absolute atomic E-state index is 12.4. The van der Waals surface area contributed by atoms with Gasteiger partial charge in [-0.3, -0.25) is 15.6 Å². The Morgan fingerprint density at radius 2 is 2.00 bits per heavy atom. The van der Waals surface area contributed by atoms with Crippen molar-refractivity contribution in [3.8, 4) is 11.1 Å². The first-order valence-electron chi connectivity index (χ1n) is 10.6. The minimum Gasteiger partial charge on any atom is -0.381 e. The fourth-order valence-corrected chi connectivity index (χ4v) is 4.39. The van der Waals surface area contributed by atoms with E-state index in [1.807, 2.05) is 24.5 Å². The summed E-state index contributed by atoms with van der Waals surface area (Å²) in [5.41, 5.74) is 9.76. The Kier molecular flexibility index (Phi) is 5.87. The number of hydrogen-bond acceptors (Lipinski definition) is 6. The van der Waals surface area contributed by atoms with Gasteiger partial charge in [-0.25, -0.2) is 9.97 Å². The number of ether oxygens (including phenoxy) is 1. The predicted octanol–water partition coefficient (Wildman–Crippen LogP) is 2.84. The van der Waals surface area contributed by atoms with Crippen LogP contribution in [0.3, 0.4) is 0 Å². The van der Waals surface area contributed by atoms with Crippen LogP contribution in [0.25, 0.3) is 22.2 Å². The molecule has 31 heavy (non-hydrogen) atoms. The number of anilines is 1. The molecule has 1 amide bonds. The molecule has 2 aliphatic heterocycles. The fraction of sp³-hybridized carbons (Fsp3) is 0.409. The van der Waals surface area contributed by atoms with Crippen molar-refractivity contribution < 1.29 is 9.53 Å². The van der Waals surface area contributed by atoms with Gasteiger partial charge in [0.15, 0.2) is 0 Å². The Bertz CT molecular complexity index is 1090. The van der Waals surface area contributed by atoms with Gasteiger partial charge in [-0.15, -0.1) is 0 Å². The van der Waals surface area contributed by atoms with Crippen molar-refractivity contribution in [1.82, 2.24) is 25.4 Å². The monoisotopic (exact) mass is 440 g/mol. The number of benzene rings is 1. The molecule has 4 heterocycles. The Balaban J connectivity index is 1.41. The second kappa shape index (κ2) is 8.92. The molecular weight excluding hydrogens is 416 g/mol. The molecule has 0 radical (unpaired) electrons. The van der Waals surface area contributed by atoms with Crippen LogP contribution >= 0.6 is 11.6 Å². The van der Waals surface area contributed by atoms with Crippen molar-refractivity contribution in [2.75, 3.05) is 31.6 Å². The van der Waals surface area contributed by atoms with E-state index in [1.54, 1.807) is 6.20 Å². The molecule has 3 N–H and O–H groups in total. The van der Waals surface area contributed by atoms with Crippen molar-refractivity contribution in [2.45, 2.75) is 19.4 Å². The average Bonchev–Trinajstić information content (AvgIpc) is 3.46. The number of pyridine rings is 1. The summed E-state index contributed by atoms with van der Waals surface area (Å²) in [6.07, 6.45) is 5.64. The molecule has 0 saturated carbocycles. The number of fused-ring (bicyclic) bond motifs is 1. The van der Waals surface area contributed by atoms with E-state index in [1.165, 1.54) is 0 Å². The molecule has 0 aliphatic carbocycles. The summed E-state index contributed by atoms with van der Waals surface area (Å²) in [7, 11) is 0. The summed E-state index contributed by atoms with van der Waals surface area (Å²) >= 11 is 6.48. The van der Waals surface area contributed by atoms with E-state index < -0.39 is 0 Å². The Morgan fingerprint density at radius 3 is 2.81 bits per heavy atom. The fourth-order valence-electron chi connectivity index (χ4n) is 4.18. The molecule has 2 aromatic heterocycles. The third-order valence-electron chi connectivity index (χ3n) is 6.03. The number of hydrogen-bond donors (Lipinski definition) is 3. The number of carbonyl (C=O) groups excluding carboxylic acids is 1. The number of carbonyl (C=O) groups is 1. The van der Waals surface area contributed by atoms with Gasteiger partial charge < -0.3 is 14.6 Å². The van der Waals surface area contributed by atoms with Gasteiger partial charge in [-0.2, -0.15) is 0 Å².